The fourth-order valence-electron chi connectivity index (χ4n) is 4.16. The molecule has 136 valence electrons. The number of amides is 1. The Labute approximate surface area is 154 Å². The molecule has 2 heterocycles. The van der Waals surface area contributed by atoms with Crippen molar-refractivity contribution in [3.05, 3.63) is 60.2 Å². The van der Waals surface area contributed by atoms with Gasteiger partial charge in [-0.2, -0.15) is 0 Å². The molecule has 1 unspecified atom stereocenters. The van der Waals surface area contributed by atoms with Crippen LogP contribution in [0.25, 0.3) is 0 Å². The summed E-state index contributed by atoms with van der Waals surface area (Å²) in [5, 5.41) is 8.43. The SMILES string of the molecule is O=C(C1CC=CC1)N1CCCC1CCc1nncn1Cc1ccccc1. The predicted molar refractivity (Wildman–Crippen MR) is 100 cm³/mol. The molecule has 1 aliphatic carbocycles. The maximum absolute atomic E-state index is 12.8. The van der Waals surface area contributed by atoms with Crippen molar-refractivity contribution in [3.8, 4) is 0 Å². The summed E-state index contributed by atoms with van der Waals surface area (Å²) in [5.41, 5.74) is 1.25. The number of aryl methyl sites for hydroxylation is 1. The smallest absolute Gasteiger partial charge is 0.226 e. The van der Waals surface area contributed by atoms with Crippen LogP contribution < -0.4 is 0 Å². The minimum atomic E-state index is 0.178. The first-order valence-electron chi connectivity index (χ1n) is 9.67. The quantitative estimate of drug-likeness (QED) is 0.752. The van der Waals surface area contributed by atoms with Crippen LogP contribution in [-0.2, 0) is 17.8 Å². The highest BCUT2D eigenvalue weighted by atomic mass is 16.2. The van der Waals surface area contributed by atoms with Gasteiger partial charge in [0.2, 0.25) is 5.91 Å². The van der Waals surface area contributed by atoms with Crippen molar-refractivity contribution in [1.29, 1.82) is 0 Å². The largest absolute Gasteiger partial charge is 0.339 e. The van der Waals surface area contributed by atoms with Crippen molar-refractivity contribution in [3.63, 3.8) is 0 Å². The number of carbonyl (C=O) groups is 1. The van der Waals surface area contributed by atoms with Crippen molar-refractivity contribution in [2.75, 3.05) is 6.54 Å². The Morgan fingerprint density at radius 1 is 1.15 bits per heavy atom. The number of rotatable bonds is 6. The van der Waals surface area contributed by atoms with E-state index in [2.05, 4.69) is 56.1 Å². The van der Waals surface area contributed by atoms with Crippen LogP contribution in [0.4, 0.5) is 0 Å². The minimum Gasteiger partial charge on any atom is -0.339 e. The molecular formula is C21H26N4O. The molecule has 5 heteroatoms. The third-order valence-electron chi connectivity index (χ3n) is 5.61. The molecule has 1 aromatic carbocycles. The highest BCUT2D eigenvalue weighted by molar-refractivity contribution is 5.80. The maximum Gasteiger partial charge on any atom is 0.226 e. The minimum absolute atomic E-state index is 0.178. The van der Waals surface area contributed by atoms with Crippen LogP contribution in [0.1, 0.15) is 43.5 Å². The molecule has 1 fully saturated rings. The molecule has 1 amide bonds. The number of likely N-dealkylation sites (tertiary alicyclic amines) is 1. The van der Waals surface area contributed by atoms with E-state index in [4.69, 9.17) is 0 Å². The second-order valence-corrected chi connectivity index (χ2v) is 7.37. The van der Waals surface area contributed by atoms with E-state index in [0.717, 1.165) is 57.4 Å². The number of hydrogen-bond acceptors (Lipinski definition) is 3. The summed E-state index contributed by atoms with van der Waals surface area (Å²) in [4.78, 5) is 14.9. The summed E-state index contributed by atoms with van der Waals surface area (Å²) in [6.07, 6.45) is 12.0. The van der Waals surface area contributed by atoms with Gasteiger partial charge < -0.3 is 9.47 Å². The van der Waals surface area contributed by atoms with Crippen molar-refractivity contribution >= 4 is 5.91 Å². The number of aromatic nitrogens is 3. The van der Waals surface area contributed by atoms with Crippen molar-refractivity contribution < 1.29 is 4.79 Å². The van der Waals surface area contributed by atoms with Crippen molar-refractivity contribution in [2.24, 2.45) is 5.92 Å². The second kappa shape index (κ2) is 7.85. The zero-order valence-corrected chi connectivity index (χ0v) is 15.1. The molecule has 5 nitrogen and oxygen atoms in total. The summed E-state index contributed by atoms with van der Waals surface area (Å²) < 4.78 is 2.12. The molecule has 1 aliphatic heterocycles. The highest BCUT2D eigenvalue weighted by Crippen LogP contribution is 2.27. The van der Waals surface area contributed by atoms with Crippen LogP contribution in [0.15, 0.2) is 48.8 Å². The van der Waals surface area contributed by atoms with E-state index in [0.29, 0.717) is 11.9 Å². The Morgan fingerprint density at radius 3 is 2.77 bits per heavy atom. The Hall–Kier alpha value is -2.43. The Balaban J connectivity index is 1.36. The van der Waals surface area contributed by atoms with Gasteiger partial charge in [0, 0.05) is 24.9 Å². The number of carbonyl (C=O) groups excluding carboxylic acids is 1. The molecule has 0 spiro atoms. The van der Waals surface area contributed by atoms with E-state index in [-0.39, 0.29) is 5.92 Å². The predicted octanol–water partition coefficient (Wildman–Crippen LogP) is 3.22. The summed E-state index contributed by atoms with van der Waals surface area (Å²) in [6, 6.07) is 10.7. The van der Waals surface area contributed by atoms with E-state index in [9.17, 15) is 4.79 Å². The highest BCUT2D eigenvalue weighted by Gasteiger charge is 2.33. The molecule has 1 saturated heterocycles. The lowest BCUT2D eigenvalue weighted by molar-refractivity contribution is -0.136. The summed E-state index contributed by atoms with van der Waals surface area (Å²) in [7, 11) is 0. The van der Waals surface area contributed by atoms with Gasteiger partial charge in [0.1, 0.15) is 12.2 Å². The van der Waals surface area contributed by atoms with Gasteiger partial charge in [-0.25, -0.2) is 0 Å². The van der Waals surface area contributed by atoms with Crippen LogP contribution in [0.3, 0.4) is 0 Å². The number of nitrogens with zero attached hydrogens (tertiary/aromatic N) is 4. The molecular weight excluding hydrogens is 324 g/mol. The molecule has 2 aromatic rings. The van der Waals surface area contributed by atoms with Gasteiger partial charge in [-0.05, 0) is 37.7 Å². The fraction of sp³-hybridized carbons (Fsp3) is 0.476. The molecule has 1 atom stereocenters. The molecule has 0 N–H and O–H groups in total. The van der Waals surface area contributed by atoms with E-state index in [1.807, 2.05) is 12.4 Å². The first-order chi connectivity index (χ1) is 12.8. The van der Waals surface area contributed by atoms with Gasteiger partial charge in [0.05, 0.1) is 6.54 Å². The van der Waals surface area contributed by atoms with Crippen LogP contribution in [0.2, 0.25) is 0 Å². The van der Waals surface area contributed by atoms with Crippen LogP contribution in [-0.4, -0.2) is 38.2 Å². The van der Waals surface area contributed by atoms with Crippen LogP contribution in [0.5, 0.6) is 0 Å². The van der Waals surface area contributed by atoms with Gasteiger partial charge in [-0.1, -0.05) is 42.5 Å². The van der Waals surface area contributed by atoms with E-state index in [1.54, 1.807) is 0 Å². The average Bonchev–Trinajstić information content (AvgIpc) is 3.42. The molecule has 0 saturated carbocycles. The lowest BCUT2D eigenvalue weighted by Gasteiger charge is -2.27. The van der Waals surface area contributed by atoms with E-state index >= 15 is 0 Å². The van der Waals surface area contributed by atoms with Gasteiger partial charge in [-0.3, -0.25) is 4.79 Å². The summed E-state index contributed by atoms with van der Waals surface area (Å²) >= 11 is 0. The monoisotopic (exact) mass is 350 g/mol. The zero-order chi connectivity index (χ0) is 17.8. The van der Waals surface area contributed by atoms with Crippen molar-refractivity contribution in [1.82, 2.24) is 19.7 Å². The first-order valence-corrected chi connectivity index (χ1v) is 9.67. The van der Waals surface area contributed by atoms with Gasteiger partial charge >= 0.3 is 0 Å². The number of benzene rings is 1. The van der Waals surface area contributed by atoms with Gasteiger partial charge in [0.15, 0.2) is 0 Å². The normalized spacial score (nSPS) is 20.2. The van der Waals surface area contributed by atoms with Gasteiger partial charge in [-0.15, -0.1) is 10.2 Å². The van der Waals surface area contributed by atoms with E-state index in [1.165, 1.54) is 5.56 Å². The molecule has 0 bridgehead atoms. The van der Waals surface area contributed by atoms with Crippen molar-refractivity contribution in [2.45, 2.75) is 51.1 Å². The third-order valence-corrected chi connectivity index (χ3v) is 5.61. The first kappa shape index (κ1) is 17.0. The number of hydrogen-bond donors (Lipinski definition) is 0. The second-order valence-electron chi connectivity index (χ2n) is 7.37. The molecule has 0 radical (unpaired) electrons. The zero-order valence-electron chi connectivity index (χ0n) is 15.1. The molecule has 4 rings (SSSR count). The average molecular weight is 350 g/mol. The molecule has 26 heavy (non-hydrogen) atoms. The standard InChI is InChI=1S/C21H26N4O/c26-21(18-9-4-5-10-18)25-14-6-11-19(25)12-13-20-23-22-16-24(20)15-17-7-2-1-3-8-17/h1-5,7-8,16,18-19H,6,9-15H2. The van der Waals surface area contributed by atoms with Crippen LogP contribution in [0, 0.1) is 5.92 Å². The molecule has 1 aromatic heterocycles. The Bertz CT molecular complexity index is 759. The maximum atomic E-state index is 12.8. The fourth-order valence-corrected chi connectivity index (χ4v) is 4.16. The van der Waals surface area contributed by atoms with E-state index < -0.39 is 0 Å². The summed E-state index contributed by atoms with van der Waals surface area (Å²) in [5.74, 6) is 1.54. The van der Waals surface area contributed by atoms with Crippen LogP contribution >= 0.6 is 0 Å². The Morgan fingerprint density at radius 2 is 1.96 bits per heavy atom. The van der Waals surface area contributed by atoms with Gasteiger partial charge in [0.25, 0.3) is 0 Å². The summed E-state index contributed by atoms with van der Waals surface area (Å²) in [6.45, 7) is 1.71. The lowest BCUT2D eigenvalue weighted by Crippen LogP contribution is -2.39. The lowest BCUT2D eigenvalue weighted by atomic mass is 10.0. The number of allylic oxidation sites excluding steroid dienone is 2. The third kappa shape index (κ3) is 3.71. The topological polar surface area (TPSA) is 51.0 Å². The molecule has 2 aliphatic rings. The Kier molecular flexibility index (Phi) is 5.14.